The van der Waals surface area contributed by atoms with Gasteiger partial charge in [0.2, 0.25) is 0 Å². The molecular formula is C36H47F3N6O. The number of nitrogens with zero attached hydrogens (tertiary/aromatic N) is 5. The van der Waals surface area contributed by atoms with Crippen molar-refractivity contribution in [1.82, 2.24) is 19.5 Å². The Labute approximate surface area is 272 Å². The van der Waals surface area contributed by atoms with Gasteiger partial charge in [-0.05, 0) is 74.2 Å². The van der Waals surface area contributed by atoms with E-state index in [0.29, 0.717) is 17.1 Å². The molecule has 7 nitrogen and oxygen atoms in total. The molecule has 3 aromatic rings. The van der Waals surface area contributed by atoms with E-state index < -0.39 is 17.6 Å². The summed E-state index contributed by atoms with van der Waals surface area (Å²) in [5, 5.41) is 6.87. The number of carbonyl (C=O) groups is 1. The molecule has 1 aliphatic heterocycles. The van der Waals surface area contributed by atoms with E-state index in [2.05, 4.69) is 45.6 Å². The Hall–Kier alpha value is -4.20. The van der Waals surface area contributed by atoms with Crippen molar-refractivity contribution in [3.05, 3.63) is 94.6 Å². The quantitative estimate of drug-likeness (QED) is 0.203. The molecule has 0 radical (unpaired) electrons. The number of amides is 1. The third-order valence-corrected chi connectivity index (χ3v) is 7.09. The third kappa shape index (κ3) is 10.7. The maximum atomic E-state index is 14.1. The summed E-state index contributed by atoms with van der Waals surface area (Å²) in [6, 6.07) is 9.00. The summed E-state index contributed by atoms with van der Waals surface area (Å²) < 4.78 is 43.7. The first kappa shape index (κ1) is 38.0. The van der Waals surface area contributed by atoms with Gasteiger partial charge in [0.25, 0.3) is 5.91 Å². The van der Waals surface area contributed by atoms with Crippen LogP contribution in [0.2, 0.25) is 0 Å². The maximum Gasteiger partial charge on any atom is 0.416 e. The Bertz CT molecular complexity index is 1520. The number of aryl methyl sites for hydroxylation is 2. The molecule has 1 fully saturated rings. The fourth-order valence-electron chi connectivity index (χ4n) is 4.80. The Kier molecular flexibility index (Phi) is 15.4. The molecule has 2 aromatic carbocycles. The van der Waals surface area contributed by atoms with Crippen molar-refractivity contribution in [2.45, 2.75) is 67.6 Å². The molecular weight excluding hydrogens is 589 g/mol. The van der Waals surface area contributed by atoms with Crippen molar-refractivity contribution in [3.63, 3.8) is 0 Å². The van der Waals surface area contributed by atoms with Crippen molar-refractivity contribution in [1.29, 1.82) is 0 Å². The fraction of sp³-hybridized carbons (Fsp3) is 0.417. The molecule has 1 N–H and O–H groups in total. The van der Waals surface area contributed by atoms with Gasteiger partial charge in [-0.25, -0.2) is 9.66 Å². The van der Waals surface area contributed by atoms with Crippen molar-refractivity contribution in [3.8, 4) is 11.8 Å². The summed E-state index contributed by atoms with van der Waals surface area (Å²) in [6.45, 7) is 21.7. The van der Waals surface area contributed by atoms with Gasteiger partial charge in [-0.3, -0.25) is 9.69 Å². The molecule has 10 heteroatoms. The van der Waals surface area contributed by atoms with Crippen LogP contribution < -0.4 is 5.32 Å². The number of hydrogen-bond acceptors (Lipinski definition) is 5. The predicted molar refractivity (Wildman–Crippen MR) is 182 cm³/mol. The Morgan fingerprint density at radius 2 is 1.70 bits per heavy atom. The zero-order valence-corrected chi connectivity index (χ0v) is 28.1. The number of aromatic nitrogens is 2. The number of rotatable bonds is 8. The number of allylic oxidation sites excluding steroid dienone is 1. The van der Waals surface area contributed by atoms with Gasteiger partial charge in [0, 0.05) is 55.8 Å². The van der Waals surface area contributed by atoms with E-state index in [9.17, 15) is 18.0 Å². The Morgan fingerprint density at radius 1 is 1.02 bits per heavy atom. The average molecular weight is 637 g/mol. The van der Waals surface area contributed by atoms with Gasteiger partial charge < -0.3 is 10.2 Å². The summed E-state index contributed by atoms with van der Waals surface area (Å²) in [4.78, 5) is 21.7. The van der Waals surface area contributed by atoms with Crippen LogP contribution in [0.1, 0.15) is 85.2 Å². The van der Waals surface area contributed by atoms with Crippen molar-refractivity contribution in [2.75, 3.05) is 38.0 Å². The molecule has 248 valence electrons. The van der Waals surface area contributed by atoms with E-state index in [1.54, 1.807) is 42.1 Å². The van der Waals surface area contributed by atoms with E-state index in [-0.39, 0.29) is 23.4 Å². The van der Waals surface area contributed by atoms with Crippen LogP contribution in [0.15, 0.2) is 60.4 Å². The molecule has 0 unspecified atom stereocenters. The lowest BCUT2D eigenvalue weighted by Gasteiger charge is -2.35. The average Bonchev–Trinajstić information content (AvgIpc) is 3.41. The first-order valence-electron chi connectivity index (χ1n) is 15.9. The molecule has 1 amide bonds. The second-order valence-electron chi connectivity index (χ2n) is 10.2. The topological polar surface area (TPSA) is 65.8 Å². The second kappa shape index (κ2) is 18.7. The summed E-state index contributed by atoms with van der Waals surface area (Å²) in [7, 11) is 0. The molecule has 1 aliphatic rings. The van der Waals surface area contributed by atoms with Crippen LogP contribution in [-0.2, 0) is 12.7 Å². The molecule has 1 aromatic heterocycles. The molecule has 0 atom stereocenters. The van der Waals surface area contributed by atoms with Crippen molar-refractivity contribution in [2.24, 2.45) is 5.10 Å². The number of imidazole rings is 1. The second-order valence-corrected chi connectivity index (χ2v) is 10.2. The van der Waals surface area contributed by atoms with Crippen molar-refractivity contribution >= 4 is 17.8 Å². The Balaban J connectivity index is 0.00000177. The maximum absolute atomic E-state index is 14.1. The summed E-state index contributed by atoms with van der Waals surface area (Å²) >= 11 is 0. The molecule has 0 aliphatic carbocycles. The lowest BCUT2D eigenvalue weighted by atomic mass is 10.0. The molecule has 0 saturated carbocycles. The van der Waals surface area contributed by atoms with E-state index in [0.717, 1.165) is 50.8 Å². The highest BCUT2D eigenvalue weighted by molar-refractivity contribution is 6.04. The van der Waals surface area contributed by atoms with Crippen LogP contribution in [0, 0.1) is 25.7 Å². The molecule has 0 spiro atoms. The Morgan fingerprint density at radius 3 is 2.33 bits per heavy atom. The van der Waals surface area contributed by atoms with Gasteiger partial charge in [-0.1, -0.05) is 59.3 Å². The minimum absolute atomic E-state index is 0.0801. The molecule has 1 saturated heterocycles. The molecule has 46 heavy (non-hydrogen) atoms. The lowest BCUT2D eigenvalue weighted by Crippen LogP contribution is -2.46. The van der Waals surface area contributed by atoms with Gasteiger partial charge >= 0.3 is 6.18 Å². The number of anilines is 1. The summed E-state index contributed by atoms with van der Waals surface area (Å²) in [5.41, 5.74) is 1.82. The zero-order chi connectivity index (χ0) is 34.3. The van der Waals surface area contributed by atoms with Crippen LogP contribution in [0.4, 0.5) is 18.9 Å². The van der Waals surface area contributed by atoms with E-state index in [4.69, 9.17) is 0 Å². The van der Waals surface area contributed by atoms with Crippen LogP contribution in [0.5, 0.6) is 0 Å². The highest BCUT2D eigenvalue weighted by Crippen LogP contribution is 2.35. The molecule has 4 rings (SSSR count). The van der Waals surface area contributed by atoms with Gasteiger partial charge in [0.15, 0.2) is 0 Å². The van der Waals surface area contributed by atoms with Crippen LogP contribution in [-0.4, -0.2) is 64.3 Å². The highest BCUT2D eigenvalue weighted by Gasteiger charge is 2.34. The molecule has 2 heterocycles. The number of piperazine rings is 1. The minimum Gasteiger partial charge on any atom is -0.322 e. The van der Waals surface area contributed by atoms with Crippen LogP contribution >= 0.6 is 0 Å². The number of hydrogen-bond donors (Lipinski definition) is 1. The monoisotopic (exact) mass is 636 g/mol. The van der Waals surface area contributed by atoms with E-state index in [1.807, 2.05) is 39.5 Å². The number of halogens is 3. The fourth-order valence-corrected chi connectivity index (χ4v) is 4.80. The number of benzene rings is 2. The first-order valence-corrected chi connectivity index (χ1v) is 15.9. The normalized spacial score (nSPS) is 13.5. The standard InChI is InChI=1S/C32H35F3N6O.2C2H6/c1-5-13-37-41-24(4)36-21-29(41)12-10-25-19-26(8-7-23(25)3)31(42)38-28-11-9-27(30(20-28)32(33,34)35)22-40-17-15-39(14-6-2)16-18-40;2*1-2/h5,7-9,11,13,19-21H,1,6,14-18,22H2,2-4H3,(H,38,42);2*1-2H3/b37-13-;;. The number of carbonyl (C=O) groups excluding carboxylic acids is 1. The molecule has 0 bridgehead atoms. The minimum atomic E-state index is -4.55. The van der Waals surface area contributed by atoms with E-state index >= 15 is 0 Å². The van der Waals surface area contributed by atoms with Crippen LogP contribution in [0.3, 0.4) is 0 Å². The summed E-state index contributed by atoms with van der Waals surface area (Å²) in [6.07, 6.45) is 1.18. The largest absolute Gasteiger partial charge is 0.416 e. The summed E-state index contributed by atoms with van der Waals surface area (Å²) in [5.74, 6) is 6.21. The zero-order valence-electron chi connectivity index (χ0n) is 28.1. The van der Waals surface area contributed by atoms with Crippen molar-refractivity contribution < 1.29 is 18.0 Å². The lowest BCUT2D eigenvalue weighted by molar-refractivity contribution is -0.138. The van der Waals surface area contributed by atoms with Crippen LogP contribution in [0.25, 0.3) is 0 Å². The first-order chi connectivity index (χ1) is 22.1. The van der Waals surface area contributed by atoms with E-state index in [1.165, 1.54) is 18.3 Å². The van der Waals surface area contributed by atoms with Gasteiger partial charge in [-0.15, -0.1) is 0 Å². The van der Waals surface area contributed by atoms with Gasteiger partial charge in [0.1, 0.15) is 11.5 Å². The third-order valence-electron chi connectivity index (χ3n) is 7.09. The van der Waals surface area contributed by atoms with Gasteiger partial charge in [-0.2, -0.15) is 18.3 Å². The number of nitrogens with one attached hydrogen (secondary N) is 1. The number of alkyl halides is 3. The predicted octanol–water partition coefficient (Wildman–Crippen LogP) is 7.77. The van der Waals surface area contributed by atoms with Gasteiger partial charge in [0.05, 0.1) is 11.8 Å². The highest BCUT2D eigenvalue weighted by atomic mass is 19.4. The smallest absolute Gasteiger partial charge is 0.322 e. The SMILES string of the molecule is C=C/C=N\n1c(C#Cc2cc(C(=O)Nc3ccc(CN4CCN(CCC)CC4)c(C(F)(F)F)c3)ccc2C)cnc1C.CC.CC.